The Balaban J connectivity index is 2.84. The molecule has 0 aliphatic rings. The molecule has 1 aromatic heterocycles. The Hall–Kier alpha value is -1.55. The third-order valence-corrected chi connectivity index (χ3v) is 1.89. The van der Waals surface area contributed by atoms with Crippen molar-refractivity contribution in [3.63, 3.8) is 0 Å². The average molecular weight is 177 g/mol. The summed E-state index contributed by atoms with van der Waals surface area (Å²) >= 11 is 0. The van der Waals surface area contributed by atoms with Crippen LogP contribution in [0.3, 0.4) is 0 Å². The van der Waals surface area contributed by atoms with Crippen molar-refractivity contribution >= 4 is 10.9 Å². The summed E-state index contributed by atoms with van der Waals surface area (Å²) in [6.07, 6.45) is 1.33. The number of nitrogens with two attached hydrogens (primary N) is 1. The zero-order chi connectivity index (χ0) is 9.26. The van der Waals surface area contributed by atoms with E-state index in [-0.39, 0.29) is 5.82 Å². The number of fused-ring (bicyclic) bond motifs is 1. The molecule has 0 amide bonds. The first-order chi connectivity index (χ1) is 6.33. The molecule has 0 aliphatic carbocycles. The van der Waals surface area contributed by atoms with Crippen molar-refractivity contribution in [3.8, 4) is 0 Å². The summed E-state index contributed by atoms with van der Waals surface area (Å²) < 4.78 is 13.2. The first-order valence-corrected chi connectivity index (χ1v) is 3.91. The van der Waals surface area contributed by atoms with Gasteiger partial charge >= 0.3 is 0 Å². The Morgan fingerprint density at radius 3 is 2.92 bits per heavy atom. The van der Waals surface area contributed by atoms with Gasteiger partial charge in [-0.1, -0.05) is 12.1 Å². The zero-order valence-corrected chi connectivity index (χ0v) is 6.87. The van der Waals surface area contributed by atoms with Crippen molar-refractivity contribution in [2.24, 2.45) is 5.73 Å². The molecule has 3 nitrogen and oxygen atoms in total. The molecule has 1 aromatic carbocycles. The topological polar surface area (TPSA) is 51.8 Å². The van der Waals surface area contributed by atoms with Crippen LogP contribution in [0.25, 0.3) is 10.9 Å². The molecule has 0 saturated carbocycles. The Morgan fingerprint density at radius 2 is 2.15 bits per heavy atom. The number of hydrogen-bond donors (Lipinski definition) is 1. The third-order valence-electron chi connectivity index (χ3n) is 1.89. The zero-order valence-electron chi connectivity index (χ0n) is 6.87. The van der Waals surface area contributed by atoms with Crippen molar-refractivity contribution < 1.29 is 4.39 Å². The standard InChI is InChI=1S/C9H8FN3/c10-7-3-1-2-6-8(4-11)12-5-13-9(6)7/h1-3,5H,4,11H2. The molecule has 0 atom stereocenters. The molecule has 66 valence electrons. The van der Waals surface area contributed by atoms with Gasteiger partial charge in [-0.15, -0.1) is 0 Å². The van der Waals surface area contributed by atoms with E-state index in [1.165, 1.54) is 12.4 Å². The van der Waals surface area contributed by atoms with Gasteiger partial charge in [0.25, 0.3) is 0 Å². The van der Waals surface area contributed by atoms with Gasteiger partial charge in [0.2, 0.25) is 0 Å². The molecular formula is C9H8FN3. The van der Waals surface area contributed by atoms with Crippen LogP contribution in [0.2, 0.25) is 0 Å². The van der Waals surface area contributed by atoms with Gasteiger partial charge in [0, 0.05) is 11.9 Å². The van der Waals surface area contributed by atoms with E-state index in [2.05, 4.69) is 9.97 Å². The lowest BCUT2D eigenvalue weighted by Gasteiger charge is -2.01. The van der Waals surface area contributed by atoms with E-state index in [0.29, 0.717) is 23.1 Å². The van der Waals surface area contributed by atoms with E-state index in [1.807, 2.05) is 0 Å². The van der Waals surface area contributed by atoms with E-state index < -0.39 is 0 Å². The van der Waals surface area contributed by atoms with Crippen molar-refractivity contribution in [2.45, 2.75) is 6.54 Å². The number of aromatic nitrogens is 2. The SMILES string of the molecule is NCc1ncnc2c(F)cccc12. The first kappa shape index (κ1) is 8.07. The number of rotatable bonds is 1. The lowest BCUT2D eigenvalue weighted by Crippen LogP contribution is -2.01. The predicted molar refractivity (Wildman–Crippen MR) is 47.4 cm³/mol. The van der Waals surface area contributed by atoms with E-state index >= 15 is 0 Å². The number of hydrogen-bond acceptors (Lipinski definition) is 3. The summed E-state index contributed by atoms with van der Waals surface area (Å²) in [7, 11) is 0. The summed E-state index contributed by atoms with van der Waals surface area (Å²) in [5.74, 6) is -0.338. The van der Waals surface area contributed by atoms with Gasteiger partial charge in [-0.25, -0.2) is 14.4 Å². The summed E-state index contributed by atoms with van der Waals surface area (Å²) in [4.78, 5) is 7.81. The maximum atomic E-state index is 13.2. The molecule has 0 fully saturated rings. The van der Waals surface area contributed by atoms with E-state index in [9.17, 15) is 4.39 Å². The second-order valence-corrected chi connectivity index (χ2v) is 2.66. The molecule has 2 N–H and O–H groups in total. The monoisotopic (exact) mass is 177 g/mol. The first-order valence-electron chi connectivity index (χ1n) is 3.91. The highest BCUT2D eigenvalue weighted by Gasteiger charge is 2.04. The molecule has 2 rings (SSSR count). The van der Waals surface area contributed by atoms with Crippen LogP contribution in [-0.2, 0) is 6.54 Å². The van der Waals surface area contributed by atoms with Crippen LogP contribution in [0.15, 0.2) is 24.5 Å². The highest BCUT2D eigenvalue weighted by molar-refractivity contribution is 5.80. The number of halogens is 1. The minimum absolute atomic E-state index is 0.294. The van der Waals surface area contributed by atoms with Gasteiger partial charge in [-0.05, 0) is 6.07 Å². The molecule has 2 aromatic rings. The minimum atomic E-state index is -0.338. The maximum Gasteiger partial charge on any atom is 0.149 e. The van der Waals surface area contributed by atoms with Crippen molar-refractivity contribution in [2.75, 3.05) is 0 Å². The van der Waals surface area contributed by atoms with Gasteiger partial charge in [-0.3, -0.25) is 0 Å². The maximum absolute atomic E-state index is 13.2. The fourth-order valence-corrected chi connectivity index (χ4v) is 1.27. The number of nitrogens with zero attached hydrogens (tertiary/aromatic N) is 2. The highest BCUT2D eigenvalue weighted by Crippen LogP contribution is 2.16. The average Bonchev–Trinajstić information content (AvgIpc) is 2.18. The molecule has 0 bridgehead atoms. The Morgan fingerprint density at radius 1 is 1.31 bits per heavy atom. The Labute approximate surface area is 74.4 Å². The normalized spacial score (nSPS) is 10.6. The van der Waals surface area contributed by atoms with E-state index in [0.717, 1.165) is 0 Å². The summed E-state index contributed by atoms with van der Waals surface area (Å²) in [6.45, 7) is 0.294. The van der Waals surface area contributed by atoms with Crippen LogP contribution in [0.4, 0.5) is 4.39 Å². The molecule has 0 unspecified atom stereocenters. The van der Waals surface area contributed by atoms with Crippen LogP contribution in [-0.4, -0.2) is 9.97 Å². The Bertz CT molecular complexity index is 442. The van der Waals surface area contributed by atoms with Gasteiger partial charge < -0.3 is 5.73 Å². The van der Waals surface area contributed by atoms with Crippen LogP contribution < -0.4 is 5.73 Å². The highest BCUT2D eigenvalue weighted by atomic mass is 19.1. The lowest BCUT2D eigenvalue weighted by molar-refractivity contribution is 0.636. The van der Waals surface area contributed by atoms with Gasteiger partial charge in [0.15, 0.2) is 0 Å². The van der Waals surface area contributed by atoms with Crippen LogP contribution in [0.1, 0.15) is 5.69 Å². The fourth-order valence-electron chi connectivity index (χ4n) is 1.27. The Kier molecular flexibility index (Phi) is 1.90. The molecule has 1 heterocycles. The molecule has 0 aliphatic heterocycles. The van der Waals surface area contributed by atoms with Crippen LogP contribution in [0.5, 0.6) is 0 Å². The molecule has 4 heteroatoms. The van der Waals surface area contributed by atoms with E-state index in [1.54, 1.807) is 12.1 Å². The molecule has 0 saturated heterocycles. The molecule has 0 radical (unpaired) electrons. The molecular weight excluding hydrogens is 169 g/mol. The summed E-state index contributed by atoms with van der Waals surface area (Å²) in [5, 5.41) is 0.685. The molecule has 13 heavy (non-hydrogen) atoms. The van der Waals surface area contributed by atoms with Gasteiger partial charge in [0.05, 0.1) is 5.69 Å². The molecule has 0 spiro atoms. The predicted octanol–water partition coefficient (Wildman–Crippen LogP) is 1.23. The van der Waals surface area contributed by atoms with E-state index in [4.69, 9.17) is 5.73 Å². The van der Waals surface area contributed by atoms with Crippen LogP contribution in [0, 0.1) is 5.82 Å². The summed E-state index contributed by atoms with van der Waals surface area (Å²) in [5.41, 5.74) is 6.46. The number of benzene rings is 1. The lowest BCUT2D eigenvalue weighted by atomic mass is 10.2. The van der Waals surface area contributed by atoms with Crippen LogP contribution >= 0.6 is 0 Å². The van der Waals surface area contributed by atoms with Crippen molar-refractivity contribution in [1.29, 1.82) is 0 Å². The quantitative estimate of drug-likeness (QED) is 0.712. The van der Waals surface area contributed by atoms with Gasteiger partial charge in [0.1, 0.15) is 17.7 Å². The van der Waals surface area contributed by atoms with Crippen molar-refractivity contribution in [1.82, 2.24) is 9.97 Å². The third kappa shape index (κ3) is 1.25. The fraction of sp³-hybridized carbons (Fsp3) is 0.111. The largest absolute Gasteiger partial charge is 0.325 e. The number of para-hydroxylation sites is 1. The minimum Gasteiger partial charge on any atom is -0.325 e. The second-order valence-electron chi connectivity index (χ2n) is 2.66. The second kappa shape index (κ2) is 3.06. The van der Waals surface area contributed by atoms with Crippen molar-refractivity contribution in [3.05, 3.63) is 36.0 Å². The van der Waals surface area contributed by atoms with Gasteiger partial charge in [-0.2, -0.15) is 0 Å². The summed E-state index contributed by atoms with van der Waals surface area (Å²) in [6, 6.07) is 4.76. The smallest absolute Gasteiger partial charge is 0.149 e.